The minimum absolute atomic E-state index is 0. The molecule has 0 bridgehead atoms. The van der Waals surface area contributed by atoms with Crippen LogP contribution in [-0.4, -0.2) is 33.7 Å². The Morgan fingerprint density at radius 2 is 0.655 bits per heavy atom. The van der Waals surface area contributed by atoms with Crippen LogP contribution < -0.4 is 0 Å². The molecule has 0 radical (unpaired) electrons. The van der Waals surface area contributed by atoms with Gasteiger partial charge in [0.25, 0.3) is 0 Å². The van der Waals surface area contributed by atoms with E-state index in [1.807, 2.05) is 0 Å². The predicted molar refractivity (Wildman–Crippen MR) is 126 cm³/mol. The molecule has 7 heteroatoms. The molecule has 0 aromatic carbocycles. The topological polar surface area (TPSA) is 74.6 Å². The van der Waals surface area contributed by atoms with Crippen molar-refractivity contribution in [3.05, 3.63) is 0 Å². The summed E-state index contributed by atoms with van der Waals surface area (Å²) >= 11 is 8.31. The third-order valence-electron chi connectivity index (χ3n) is 4.60. The van der Waals surface area contributed by atoms with Crippen molar-refractivity contribution in [3.63, 3.8) is 0 Å². The van der Waals surface area contributed by atoms with Crippen LogP contribution in [0.2, 0.25) is 0 Å². The first-order valence-electron chi connectivity index (χ1n) is 11.2. The molecule has 0 aromatic rings. The molecular formula is C22H44NiO4S2. The van der Waals surface area contributed by atoms with Crippen LogP contribution in [0.1, 0.15) is 116 Å². The van der Waals surface area contributed by atoms with Crippen LogP contribution in [0.25, 0.3) is 0 Å². The molecule has 0 spiro atoms. The number of aliphatic carboxylic acids is 2. The molecule has 4 nitrogen and oxygen atoms in total. The molecule has 178 valence electrons. The summed E-state index contributed by atoms with van der Waals surface area (Å²) in [7, 11) is 0. The van der Waals surface area contributed by atoms with Crippen LogP contribution in [0, 0.1) is 0 Å². The molecule has 0 aliphatic carbocycles. The van der Waals surface area contributed by atoms with E-state index in [0.717, 1.165) is 37.2 Å². The largest absolute Gasteiger partial charge is 0.481 e. The Morgan fingerprint density at radius 3 is 0.862 bits per heavy atom. The van der Waals surface area contributed by atoms with Gasteiger partial charge in [0.15, 0.2) is 0 Å². The zero-order valence-corrected chi connectivity index (χ0v) is 20.8. The summed E-state index contributed by atoms with van der Waals surface area (Å²) in [5, 5.41) is 16.8. The van der Waals surface area contributed by atoms with Crippen LogP contribution in [0.5, 0.6) is 0 Å². The molecule has 0 amide bonds. The molecule has 0 saturated heterocycles. The van der Waals surface area contributed by atoms with E-state index in [9.17, 15) is 9.59 Å². The van der Waals surface area contributed by atoms with Gasteiger partial charge in [-0.1, -0.05) is 77.0 Å². The van der Waals surface area contributed by atoms with Crippen molar-refractivity contribution in [3.8, 4) is 0 Å². The fourth-order valence-electron chi connectivity index (χ4n) is 2.90. The summed E-state index contributed by atoms with van der Waals surface area (Å²) in [5.74, 6) is 0.662. The van der Waals surface area contributed by atoms with E-state index in [1.165, 1.54) is 77.0 Å². The Morgan fingerprint density at radius 1 is 0.448 bits per heavy atom. The Hall–Kier alpha value is 0.134. The van der Waals surface area contributed by atoms with E-state index < -0.39 is 11.9 Å². The van der Waals surface area contributed by atoms with Gasteiger partial charge in [0.1, 0.15) is 0 Å². The summed E-state index contributed by atoms with van der Waals surface area (Å²) in [6.45, 7) is 0. The third kappa shape index (κ3) is 39.2. The van der Waals surface area contributed by atoms with E-state index in [-0.39, 0.29) is 16.5 Å². The van der Waals surface area contributed by atoms with Crippen molar-refractivity contribution in [1.29, 1.82) is 0 Å². The van der Waals surface area contributed by atoms with Gasteiger partial charge in [0, 0.05) is 29.3 Å². The number of unbranched alkanes of at least 4 members (excludes halogenated alkanes) is 14. The summed E-state index contributed by atoms with van der Waals surface area (Å²) in [5.41, 5.74) is 0. The van der Waals surface area contributed by atoms with Gasteiger partial charge in [0.05, 0.1) is 0 Å². The van der Waals surface area contributed by atoms with E-state index in [2.05, 4.69) is 25.3 Å². The molecule has 29 heavy (non-hydrogen) atoms. The molecule has 0 heterocycles. The molecule has 0 aromatic heterocycles. The second kappa shape index (κ2) is 30.3. The second-order valence-electron chi connectivity index (χ2n) is 7.39. The van der Waals surface area contributed by atoms with Gasteiger partial charge in [-0.3, -0.25) is 9.59 Å². The van der Waals surface area contributed by atoms with Crippen molar-refractivity contribution in [1.82, 2.24) is 0 Å². The van der Waals surface area contributed by atoms with Gasteiger partial charge in [-0.05, 0) is 37.2 Å². The van der Waals surface area contributed by atoms with Gasteiger partial charge in [-0.15, -0.1) is 0 Å². The Balaban J connectivity index is -0.000000451. The predicted octanol–water partition coefficient (Wildman–Crippen LogP) is 7.02. The van der Waals surface area contributed by atoms with E-state index in [1.54, 1.807) is 0 Å². The number of thiol groups is 2. The molecule has 0 aliphatic heterocycles. The van der Waals surface area contributed by atoms with Crippen molar-refractivity contribution < 1.29 is 36.3 Å². The van der Waals surface area contributed by atoms with Gasteiger partial charge in [0.2, 0.25) is 0 Å². The number of carboxylic acids is 2. The summed E-state index contributed by atoms with van der Waals surface area (Å²) in [6.07, 6.45) is 19.6. The first-order chi connectivity index (χ1) is 13.5. The summed E-state index contributed by atoms with van der Waals surface area (Å²) in [6, 6.07) is 0. The first-order valence-corrected chi connectivity index (χ1v) is 12.5. The zero-order chi connectivity index (χ0) is 21.3. The minimum Gasteiger partial charge on any atom is -0.481 e. The van der Waals surface area contributed by atoms with E-state index in [0.29, 0.717) is 12.8 Å². The van der Waals surface area contributed by atoms with Gasteiger partial charge in [-0.25, -0.2) is 0 Å². The average Bonchev–Trinajstić information content (AvgIpc) is 2.65. The quantitative estimate of drug-likeness (QED) is 0.0832. The second-order valence-corrected chi connectivity index (χ2v) is 8.29. The van der Waals surface area contributed by atoms with Crippen LogP contribution >= 0.6 is 25.3 Å². The molecule has 0 unspecified atom stereocenters. The smallest absolute Gasteiger partial charge is 0.303 e. The maximum Gasteiger partial charge on any atom is 0.303 e. The summed E-state index contributed by atoms with van der Waals surface area (Å²) < 4.78 is 0. The van der Waals surface area contributed by atoms with Crippen LogP contribution in [0.4, 0.5) is 0 Å². The normalized spacial score (nSPS) is 10.0. The Bertz CT molecular complexity index is 313. The molecule has 0 saturated carbocycles. The van der Waals surface area contributed by atoms with Crippen molar-refractivity contribution in [2.75, 3.05) is 11.5 Å². The molecule has 0 rings (SSSR count). The third-order valence-corrected chi connectivity index (χ3v) is 5.23. The molecule has 2 N–H and O–H groups in total. The number of hydrogen-bond acceptors (Lipinski definition) is 4. The standard InChI is InChI=1S/2C11H22O2S.Ni/c2*12-11(13)9-7-5-3-1-2-4-6-8-10-14;/h2*14H,1-10H2,(H,12,13);. The number of hydrogen-bond donors (Lipinski definition) is 4. The minimum atomic E-state index is -0.668. The molecule has 0 fully saturated rings. The zero-order valence-electron chi connectivity index (χ0n) is 18.1. The van der Waals surface area contributed by atoms with Crippen LogP contribution in [0.15, 0.2) is 0 Å². The molecule has 0 aliphatic rings. The SMILES string of the molecule is O=C(O)CCCCCCCCCCS.O=C(O)CCCCCCCCCCS.[Ni]. The first kappa shape index (κ1) is 33.8. The average molecular weight is 495 g/mol. The molecule has 0 atom stereocenters. The van der Waals surface area contributed by atoms with Gasteiger partial charge >= 0.3 is 11.9 Å². The maximum absolute atomic E-state index is 10.2. The van der Waals surface area contributed by atoms with Gasteiger partial charge in [-0.2, -0.15) is 25.3 Å². The monoisotopic (exact) mass is 494 g/mol. The summed E-state index contributed by atoms with van der Waals surface area (Å²) in [4.78, 5) is 20.4. The van der Waals surface area contributed by atoms with E-state index in [4.69, 9.17) is 10.2 Å². The number of carboxylic acid groups (broad SMARTS) is 2. The van der Waals surface area contributed by atoms with Crippen LogP contribution in [-0.2, 0) is 26.1 Å². The maximum atomic E-state index is 10.2. The van der Waals surface area contributed by atoms with E-state index >= 15 is 0 Å². The fourth-order valence-corrected chi connectivity index (χ4v) is 3.34. The van der Waals surface area contributed by atoms with Crippen molar-refractivity contribution in [2.24, 2.45) is 0 Å². The number of carbonyl (C=O) groups is 2. The van der Waals surface area contributed by atoms with Crippen molar-refractivity contribution in [2.45, 2.75) is 116 Å². The Labute approximate surface area is 200 Å². The Kier molecular flexibility index (Phi) is 35.3. The van der Waals surface area contributed by atoms with Gasteiger partial charge < -0.3 is 10.2 Å². The molecular weight excluding hydrogens is 451 g/mol. The fraction of sp³-hybridized carbons (Fsp3) is 0.909. The van der Waals surface area contributed by atoms with Crippen molar-refractivity contribution >= 4 is 37.2 Å². The number of rotatable bonds is 20. The van der Waals surface area contributed by atoms with Crippen LogP contribution in [0.3, 0.4) is 0 Å².